The van der Waals surface area contributed by atoms with Gasteiger partial charge in [0.05, 0.1) is 23.6 Å². The van der Waals surface area contributed by atoms with E-state index in [1.54, 1.807) is 29.2 Å². The van der Waals surface area contributed by atoms with Gasteiger partial charge in [0.15, 0.2) is 0 Å². The molecule has 0 aliphatic carbocycles. The molecular formula is C32H24Br2N2O3. The lowest BCUT2D eigenvalue weighted by molar-refractivity contribution is -0.131. The third-order valence-corrected chi connectivity index (χ3v) is 8.72. The van der Waals surface area contributed by atoms with Crippen LogP contribution >= 0.6 is 31.9 Å². The molecule has 0 N–H and O–H groups in total. The van der Waals surface area contributed by atoms with E-state index < -0.39 is 11.3 Å². The number of anilines is 2. The van der Waals surface area contributed by atoms with Crippen molar-refractivity contribution in [2.45, 2.75) is 24.8 Å². The van der Waals surface area contributed by atoms with Crippen molar-refractivity contribution in [2.24, 2.45) is 5.92 Å². The maximum Gasteiger partial charge on any atom is 0.239 e. The average molecular weight is 644 g/mol. The lowest BCUT2D eigenvalue weighted by Gasteiger charge is -2.33. The van der Waals surface area contributed by atoms with Crippen molar-refractivity contribution in [3.63, 3.8) is 0 Å². The molecule has 0 spiro atoms. The second kappa shape index (κ2) is 10.2. The van der Waals surface area contributed by atoms with Crippen LogP contribution in [0.2, 0.25) is 0 Å². The van der Waals surface area contributed by atoms with Gasteiger partial charge in [-0.05, 0) is 59.5 Å². The van der Waals surface area contributed by atoms with Gasteiger partial charge in [0, 0.05) is 21.1 Å². The summed E-state index contributed by atoms with van der Waals surface area (Å²) in [5.41, 5.74) is 2.71. The summed E-state index contributed by atoms with van der Waals surface area (Å²) in [7, 11) is 0. The van der Waals surface area contributed by atoms with E-state index in [1.807, 2.05) is 78.9 Å². The van der Waals surface area contributed by atoms with Crippen molar-refractivity contribution < 1.29 is 14.4 Å². The van der Waals surface area contributed by atoms with Crippen molar-refractivity contribution in [3.8, 4) is 0 Å². The molecule has 6 rings (SSSR count). The summed E-state index contributed by atoms with van der Waals surface area (Å²) >= 11 is 7.08. The molecule has 39 heavy (non-hydrogen) atoms. The number of hydrogen-bond acceptors (Lipinski definition) is 3. The van der Waals surface area contributed by atoms with Crippen LogP contribution in [0.15, 0.2) is 112 Å². The number of halogens is 2. The van der Waals surface area contributed by atoms with Crippen LogP contribution < -0.4 is 9.80 Å². The first-order valence-electron chi connectivity index (χ1n) is 12.7. The van der Waals surface area contributed by atoms with Crippen molar-refractivity contribution >= 4 is 61.0 Å². The zero-order valence-electron chi connectivity index (χ0n) is 20.9. The third-order valence-electron chi connectivity index (χ3n) is 7.69. The van der Waals surface area contributed by atoms with Crippen molar-refractivity contribution in [2.75, 3.05) is 9.80 Å². The number of rotatable bonds is 6. The number of carbonyl (C=O) groups excluding carboxylic acids is 3. The predicted molar refractivity (Wildman–Crippen MR) is 158 cm³/mol. The maximum atomic E-state index is 14.8. The van der Waals surface area contributed by atoms with E-state index in [9.17, 15) is 14.4 Å². The molecule has 0 aromatic heterocycles. The number of hydrogen-bond donors (Lipinski definition) is 0. The molecule has 7 heteroatoms. The molecular weight excluding hydrogens is 620 g/mol. The summed E-state index contributed by atoms with van der Waals surface area (Å²) in [6, 6.07) is 32.4. The van der Waals surface area contributed by atoms with Gasteiger partial charge in [0.25, 0.3) is 0 Å². The Balaban J connectivity index is 1.52. The van der Waals surface area contributed by atoms with Crippen molar-refractivity contribution in [3.05, 3.63) is 129 Å². The summed E-state index contributed by atoms with van der Waals surface area (Å²) in [6.45, 7) is 0.364. The largest absolute Gasteiger partial charge is 0.307 e. The van der Waals surface area contributed by atoms with Crippen LogP contribution in [-0.2, 0) is 32.8 Å². The lowest BCUT2D eigenvalue weighted by atomic mass is 9.66. The van der Waals surface area contributed by atoms with Crippen LogP contribution in [0.1, 0.15) is 23.1 Å². The first-order valence-corrected chi connectivity index (χ1v) is 14.3. The molecule has 0 saturated carbocycles. The molecule has 2 atom stereocenters. The number of carbonyl (C=O) groups is 3. The number of imide groups is 1. The summed E-state index contributed by atoms with van der Waals surface area (Å²) in [4.78, 5) is 45.4. The number of nitrogens with zero attached hydrogens (tertiary/aromatic N) is 2. The smallest absolute Gasteiger partial charge is 0.239 e. The molecule has 2 heterocycles. The van der Waals surface area contributed by atoms with Gasteiger partial charge in [-0.2, -0.15) is 0 Å². The summed E-state index contributed by atoms with van der Waals surface area (Å²) < 4.78 is 1.77. The van der Waals surface area contributed by atoms with Crippen LogP contribution in [0.4, 0.5) is 11.4 Å². The van der Waals surface area contributed by atoms with E-state index in [0.29, 0.717) is 18.7 Å². The Bertz CT molecular complexity index is 1570. The highest BCUT2D eigenvalue weighted by atomic mass is 79.9. The highest BCUT2D eigenvalue weighted by Gasteiger charge is 2.61. The molecule has 1 saturated heterocycles. The molecule has 0 radical (unpaired) electrons. The van der Waals surface area contributed by atoms with Gasteiger partial charge in [0.2, 0.25) is 17.7 Å². The maximum absolute atomic E-state index is 14.8. The number of benzene rings is 4. The van der Waals surface area contributed by atoms with E-state index in [2.05, 4.69) is 31.9 Å². The van der Waals surface area contributed by atoms with Gasteiger partial charge < -0.3 is 4.90 Å². The Kier molecular flexibility index (Phi) is 6.73. The third kappa shape index (κ3) is 4.43. The van der Waals surface area contributed by atoms with Gasteiger partial charge in [-0.3, -0.25) is 19.3 Å². The zero-order valence-corrected chi connectivity index (χ0v) is 24.1. The highest BCUT2D eigenvalue weighted by molar-refractivity contribution is 9.10. The molecule has 3 amide bonds. The second-order valence-electron chi connectivity index (χ2n) is 9.97. The number of para-hydroxylation sites is 1. The van der Waals surface area contributed by atoms with E-state index in [1.165, 1.54) is 4.90 Å². The Morgan fingerprint density at radius 2 is 1.38 bits per heavy atom. The zero-order chi connectivity index (χ0) is 27.1. The molecule has 0 bridgehead atoms. The van der Waals surface area contributed by atoms with E-state index >= 15 is 0 Å². The Morgan fingerprint density at radius 3 is 2.08 bits per heavy atom. The van der Waals surface area contributed by atoms with E-state index in [4.69, 9.17) is 0 Å². The van der Waals surface area contributed by atoms with Gasteiger partial charge in [-0.15, -0.1) is 0 Å². The quantitative estimate of drug-likeness (QED) is 0.217. The standard InChI is InChI=1S/C32H24Br2N2O3/c33-23-13-11-21(12-14-23)19-32(27-18-29(37)36(30(27)38)25-9-5-2-6-10-25)26-16-15-24(34)17-28(26)35(31(32)39)20-22-7-3-1-4-8-22/h1-17,27H,18-20H2/t27-,32+/m0/s1. The molecule has 0 unspecified atom stereocenters. The summed E-state index contributed by atoms with van der Waals surface area (Å²) in [5, 5.41) is 0. The van der Waals surface area contributed by atoms with Crippen LogP contribution in [-0.4, -0.2) is 17.7 Å². The molecule has 2 aliphatic rings. The number of amides is 3. The fourth-order valence-electron chi connectivity index (χ4n) is 5.91. The Labute approximate surface area is 243 Å². The van der Waals surface area contributed by atoms with Crippen LogP contribution in [0.25, 0.3) is 0 Å². The normalized spacial score (nSPS) is 20.6. The minimum absolute atomic E-state index is 0.0370. The van der Waals surface area contributed by atoms with Crippen LogP contribution in [0.3, 0.4) is 0 Å². The fraction of sp³-hybridized carbons (Fsp3) is 0.156. The average Bonchev–Trinajstić information content (AvgIpc) is 3.36. The number of fused-ring (bicyclic) bond motifs is 1. The first-order chi connectivity index (χ1) is 18.9. The van der Waals surface area contributed by atoms with Crippen molar-refractivity contribution in [1.82, 2.24) is 0 Å². The van der Waals surface area contributed by atoms with Gasteiger partial charge in [0.1, 0.15) is 0 Å². The van der Waals surface area contributed by atoms with E-state index in [-0.39, 0.29) is 24.1 Å². The monoisotopic (exact) mass is 642 g/mol. The summed E-state index contributed by atoms with van der Waals surface area (Å²) in [5.74, 6) is -1.64. The SMILES string of the molecule is O=C1C[C@H]([C@]2(Cc3ccc(Br)cc3)C(=O)N(Cc3ccccc3)c3cc(Br)ccc32)C(=O)N1c1ccccc1. The van der Waals surface area contributed by atoms with E-state index in [0.717, 1.165) is 31.3 Å². The highest BCUT2D eigenvalue weighted by Crippen LogP contribution is 2.53. The molecule has 194 valence electrons. The molecule has 1 fully saturated rings. The minimum Gasteiger partial charge on any atom is -0.307 e. The Hall–Kier alpha value is -3.55. The molecule has 2 aliphatic heterocycles. The Morgan fingerprint density at radius 1 is 0.744 bits per heavy atom. The van der Waals surface area contributed by atoms with Crippen molar-refractivity contribution in [1.29, 1.82) is 0 Å². The van der Waals surface area contributed by atoms with Gasteiger partial charge in [-0.1, -0.05) is 98.6 Å². The van der Waals surface area contributed by atoms with Gasteiger partial charge >= 0.3 is 0 Å². The minimum atomic E-state index is -1.24. The summed E-state index contributed by atoms with van der Waals surface area (Å²) in [6.07, 6.45) is 0.260. The molecule has 4 aromatic carbocycles. The predicted octanol–water partition coefficient (Wildman–Crippen LogP) is 6.82. The fourth-order valence-corrected chi connectivity index (χ4v) is 6.53. The topological polar surface area (TPSA) is 57.7 Å². The first kappa shape index (κ1) is 25.7. The second-order valence-corrected chi connectivity index (χ2v) is 11.8. The molecule has 4 aromatic rings. The lowest BCUT2D eigenvalue weighted by Crippen LogP contribution is -2.50. The van der Waals surface area contributed by atoms with Gasteiger partial charge in [-0.25, -0.2) is 0 Å². The van der Waals surface area contributed by atoms with Crippen LogP contribution in [0.5, 0.6) is 0 Å². The molecule has 5 nitrogen and oxygen atoms in total. The van der Waals surface area contributed by atoms with Crippen LogP contribution in [0, 0.1) is 5.92 Å².